The average Bonchev–Trinajstić information content (AvgIpc) is 3.54. The molecule has 2 fully saturated rings. The third kappa shape index (κ3) is 4.92. The van der Waals surface area contributed by atoms with Crippen LogP contribution in [-0.4, -0.2) is 62.1 Å². The third-order valence-corrected chi connectivity index (χ3v) is 10.4. The van der Waals surface area contributed by atoms with Gasteiger partial charge in [-0.15, -0.1) is 16.4 Å². The van der Waals surface area contributed by atoms with Gasteiger partial charge in [-0.3, -0.25) is 24.5 Å². The zero-order valence-corrected chi connectivity index (χ0v) is 25.5. The van der Waals surface area contributed by atoms with Gasteiger partial charge in [0.05, 0.1) is 25.3 Å². The lowest BCUT2D eigenvalue weighted by Gasteiger charge is -2.28. The number of carbonyl (C=O) groups is 3. The fourth-order valence-corrected chi connectivity index (χ4v) is 7.77. The summed E-state index contributed by atoms with van der Waals surface area (Å²) in [5.41, 5.74) is 6.33. The van der Waals surface area contributed by atoms with Gasteiger partial charge in [0.15, 0.2) is 0 Å². The monoisotopic (exact) mass is 644 g/mol. The van der Waals surface area contributed by atoms with Crippen LogP contribution in [0.5, 0.6) is 0 Å². The van der Waals surface area contributed by atoms with E-state index < -0.39 is 23.8 Å². The standard InChI is InChI=1S/C32H30F2N8O3S/c1-17(25-11-19(15-46-25)28(35)36)39-30(45)24-12-31(16-41-9-8-38-40-41)13-26(31)42(24)27(43)14-37-29(44)18-6-7-23-21(10-18)20-4-2-3-5-22(20)32(23,33)34/h2-11,15,17,24,26H,12-14,16H2,1H3,(H3,35,36)(H,37,44)(H,39,45)/t17-,24+,26+,31-/m1/s1. The summed E-state index contributed by atoms with van der Waals surface area (Å²) < 4.78 is 31.7. The number of fused-ring (bicyclic) bond motifs is 4. The maximum Gasteiger partial charge on any atom is 0.299 e. The van der Waals surface area contributed by atoms with Crippen LogP contribution in [0, 0.1) is 10.8 Å². The molecule has 2 aromatic carbocycles. The number of rotatable bonds is 9. The van der Waals surface area contributed by atoms with Gasteiger partial charge in [-0.25, -0.2) is 0 Å². The summed E-state index contributed by atoms with van der Waals surface area (Å²) in [5, 5.41) is 23.0. The molecule has 46 heavy (non-hydrogen) atoms. The molecule has 2 aromatic heterocycles. The maximum atomic E-state index is 15.0. The molecule has 7 rings (SSSR count). The van der Waals surface area contributed by atoms with Gasteiger partial charge in [0, 0.05) is 50.2 Å². The molecule has 2 aliphatic carbocycles. The summed E-state index contributed by atoms with van der Waals surface area (Å²) >= 11 is 1.38. The normalized spacial score (nSPS) is 22.4. The largest absolute Gasteiger partial charge is 0.384 e. The van der Waals surface area contributed by atoms with Gasteiger partial charge in [0.25, 0.3) is 11.8 Å². The maximum absolute atomic E-state index is 15.0. The van der Waals surface area contributed by atoms with Crippen molar-refractivity contribution in [1.29, 1.82) is 5.41 Å². The van der Waals surface area contributed by atoms with Crippen molar-refractivity contribution in [3.63, 3.8) is 0 Å². The number of amidine groups is 1. The molecule has 1 aliphatic heterocycles. The number of halogens is 2. The lowest BCUT2D eigenvalue weighted by Crippen LogP contribution is -2.51. The predicted octanol–water partition coefficient (Wildman–Crippen LogP) is 3.41. The van der Waals surface area contributed by atoms with E-state index in [1.807, 2.05) is 6.92 Å². The number of aromatic nitrogens is 3. The van der Waals surface area contributed by atoms with Crippen molar-refractivity contribution in [3.05, 3.63) is 93.4 Å². The highest BCUT2D eigenvalue weighted by atomic mass is 32.1. The van der Waals surface area contributed by atoms with Crippen molar-refractivity contribution in [1.82, 2.24) is 30.5 Å². The van der Waals surface area contributed by atoms with Crippen LogP contribution in [0.1, 0.15) is 57.7 Å². The molecular weight excluding hydrogens is 614 g/mol. The van der Waals surface area contributed by atoms with E-state index in [1.165, 1.54) is 35.6 Å². The number of nitrogen functional groups attached to an aromatic ring is 1. The number of likely N-dealkylation sites (tertiary alicyclic amines) is 1. The number of hydrogen-bond acceptors (Lipinski definition) is 7. The summed E-state index contributed by atoms with van der Waals surface area (Å²) in [5.74, 6) is -4.55. The molecule has 3 heterocycles. The van der Waals surface area contributed by atoms with Gasteiger partial charge in [-0.1, -0.05) is 35.5 Å². The van der Waals surface area contributed by atoms with Crippen LogP contribution in [0.2, 0.25) is 0 Å². The second-order valence-electron chi connectivity index (χ2n) is 12.1. The first-order valence-electron chi connectivity index (χ1n) is 14.8. The van der Waals surface area contributed by atoms with E-state index in [0.717, 1.165) is 4.88 Å². The molecule has 11 nitrogen and oxygen atoms in total. The van der Waals surface area contributed by atoms with E-state index in [9.17, 15) is 23.2 Å². The van der Waals surface area contributed by atoms with Crippen LogP contribution in [-0.2, 0) is 22.1 Å². The molecule has 0 bridgehead atoms. The quantitative estimate of drug-likeness (QED) is 0.162. The fourth-order valence-electron chi connectivity index (χ4n) is 6.85. The molecule has 0 unspecified atom stereocenters. The minimum absolute atomic E-state index is 0.0616. The third-order valence-electron chi connectivity index (χ3n) is 9.25. The van der Waals surface area contributed by atoms with Gasteiger partial charge < -0.3 is 21.3 Å². The van der Waals surface area contributed by atoms with Crippen molar-refractivity contribution in [3.8, 4) is 11.1 Å². The number of nitrogens with two attached hydrogens (primary N) is 1. The Morgan fingerprint density at radius 2 is 1.89 bits per heavy atom. The Morgan fingerprint density at radius 3 is 2.63 bits per heavy atom. The zero-order valence-electron chi connectivity index (χ0n) is 24.7. The SMILES string of the molecule is C[C@@H](NC(=O)[C@@H]1C[C@]2(Cn3ccnn3)C[C@@H]2N1C(=O)CNC(=O)c1ccc2c(c1)-c1ccccc1C2(F)F)c1cc(C(=N)N)cs1. The van der Waals surface area contributed by atoms with Crippen molar-refractivity contribution >= 4 is 34.9 Å². The Hall–Kier alpha value is -4.98. The molecule has 236 valence electrons. The molecule has 0 spiro atoms. The van der Waals surface area contributed by atoms with Crippen LogP contribution in [0.4, 0.5) is 8.78 Å². The average molecular weight is 645 g/mol. The highest BCUT2D eigenvalue weighted by Crippen LogP contribution is 2.60. The number of benzene rings is 2. The Morgan fingerprint density at radius 1 is 1.11 bits per heavy atom. The summed E-state index contributed by atoms with van der Waals surface area (Å²) in [6, 6.07) is 10.6. The number of nitrogens with one attached hydrogen (secondary N) is 3. The van der Waals surface area contributed by atoms with E-state index in [0.29, 0.717) is 30.5 Å². The Labute approximate surface area is 266 Å². The van der Waals surface area contributed by atoms with Gasteiger partial charge in [0.1, 0.15) is 11.9 Å². The number of hydrogen-bond donors (Lipinski definition) is 4. The predicted molar refractivity (Wildman–Crippen MR) is 165 cm³/mol. The Bertz CT molecular complexity index is 1890. The van der Waals surface area contributed by atoms with Gasteiger partial charge >= 0.3 is 0 Å². The lowest BCUT2D eigenvalue weighted by molar-refractivity contribution is -0.139. The van der Waals surface area contributed by atoms with Crippen molar-refractivity contribution in [2.24, 2.45) is 11.1 Å². The summed E-state index contributed by atoms with van der Waals surface area (Å²) in [6.07, 6.45) is 4.40. The minimum Gasteiger partial charge on any atom is -0.384 e. The summed E-state index contributed by atoms with van der Waals surface area (Å²) in [7, 11) is 0. The Balaban J connectivity index is 1.07. The second kappa shape index (κ2) is 10.8. The summed E-state index contributed by atoms with van der Waals surface area (Å²) in [4.78, 5) is 42.9. The number of thiophene rings is 1. The van der Waals surface area contributed by atoms with E-state index in [2.05, 4.69) is 20.9 Å². The molecule has 3 amide bonds. The second-order valence-corrected chi connectivity index (χ2v) is 13.1. The topological polar surface area (TPSA) is 159 Å². The van der Waals surface area contributed by atoms with Crippen LogP contribution in [0.15, 0.2) is 66.3 Å². The van der Waals surface area contributed by atoms with Gasteiger partial charge in [-0.05, 0) is 49.1 Å². The highest BCUT2D eigenvalue weighted by Gasteiger charge is 2.67. The molecule has 4 atom stereocenters. The smallest absolute Gasteiger partial charge is 0.299 e. The van der Waals surface area contributed by atoms with Crippen LogP contribution < -0.4 is 16.4 Å². The number of carbonyl (C=O) groups excluding carboxylic acids is 3. The van der Waals surface area contributed by atoms with Crippen LogP contribution >= 0.6 is 11.3 Å². The molecule has 4 aromatic rings. The molecular formula is C32H30F2N8O3S. The van der Waals surface area contributed by atoms with Crippen LogP contribution in [0.3, 0.4) is 0 Å². The lowest BCUT2D eigenvalue weighted by atomic mass is 9.99. The highest BCUT2D eigenvalue weighted by molar-refractivity contribution is 7.10. The molecule has 5 N–H and O–H groups in total. The minimum atomic E-state index is -3.16. The first-order valence-corrected chi connectivity index (χ1v) is 15.7. The van der Waals surface area contributed by atoms with Gasteiger partial charge in [0.2, 0.25) is 11.8 Å². The van der Waals surface area contributed by atoms with Crippen LogP contribution in [0.25, 0.3) is 11.1 Å². The first-order chi connectivity index (χ1) is 22.0. The van der Waals surface area contributed by atoms with Gasteiger partial charge in [-0.2, -0.15) is 8.78 Å². The molecule has 1 saturated carbocycles. The summed E-state index contributed by atoms with van der Waals surface area (Å²) in [6.45, 7) is 1.94. The molecule has 3 aliphatic rings. The van der Waals surface area contributed by atoms with Crippen molar-refractivity contribution in [2.75, 3.05) is 6.54 Å². The Kier molecular flexibility index (Phi) is 6.99. The first kappa shape index (κ1) is 29.7. The number of piperidine rings is 1. The molecule has 14 heteroatoms. The fraction of sp³-hybridized carbons (Fsp3) is 0.312. The van der Waals surface area contributed by atoms with E-state index in [-0.39, 0.29) is 58.0 Å². The number of alkyl halides is 2. The molecule has 1 saturated heterocycles. The number of amides is 3. The van der Waals surface area contributed by atoms with E-state index in [1.54, 1.807) is 51.6 Å². The van der Waals surface area contributed by atoms with Crippen molar-refractivity contribution < 1.29 is 23.2 Å². The number of nitrogens with zero attached hydrogens (tertiary/aromatic N) is 4. The van der Waals surface area contributed by atoms with Crippen molar-refractivity contribution in [2.45, 2.75) is 50.4 Å². The van der Waals surface area contributed by atoms with E-state index >= 15 is 0 Å². The zero-order chi connectivity index (χ0) is 32.4. The van der Waals surface area contributed by atoms with E-state index in [4.69, 9.17) is 11.1 Å². The molecule has 0 radical (unpaired) electrons.